The van der Waals surface area contributed by atoms with Crippen molar-refractivity contribution in [2.75, 3.05) is 33.2 Å². The minimum Gasteiger partial charge on any atom is -0.303 e. The molecule has 0 bridgehead atoms. The molecule has 1 fully saturated rings. The minimum absolute atomic E-state index is 0.787. The van der Waals surface area contributed by atoms with Crippen molar-refractivity contribution in [1.29, 1.82) is 0 Å². The van der Waals surface area contributed by atoms with Gasteiger partial charge in [0.25, 0.3) is 0 Å². The van der Waals surface area contributed by atoms with E-state index in [9.17, 15) is 0 Å². The molecule has 0 atom stereocenters. The summed E-state index contributed by atoms with van der Waals surface area (Å²) in [4.78, 5) is 5.03. The van der Waals surface area contributed by atoms with E-state index in [-0.39, 0.29) is 0 Å². The van der Waals surface area contributed by atoms with Gasteiger partial charge in [-0.25, -0.2) is 0 Å². The summed E-state index contributed by atoms with van der Waals surface area (Å²) in [5.41, 5.74) is 0. The van der Waals surface area contributed by atoms with Gasteiger partial charge in [-0.2, -0.15) is 0 Å². The maximum atomic E-state index is 4.21. The lowest BCUT2D eigenvalue weighted by molar-refractivity contribution is 0.141. The summed E-state index contributed by atoms with van der Waals surface area (Å²) in [6.07, 6.45) is 2.68. The Hall–Kier alpha value is -0.520. The van der Waals surface area contributed by atoms with Crippen molar-refractivity contribution in [1.82, 2.24) is 20.0 Å². The molecule has 0 aliphatic carbocycles. The number of hydrogen-bond donors (Lipinski definition) is 0. The molecule has 20 heavy (non-hydrogen) atoms. The van der Waals surface area contributed by atoms with Gasteiger partial charge in [-0.15, -0.1) is 21.5 Å². The monoisotopic (exact) mass is 296 g/mol. The topological polar surface area (TPSA) is 32.3 Å². The summed E-state index contributed by atoms with van der Waals surface area (Å²) in [7, 11) is 2.21. The van der Waals surface area contributed by atoms with Crippen LogP contribution in [0.1, 0.15) is 36.7 Å². The maximum Gasteiger partial charge on any atom is 0.131 e. The van der Waals surface area contributed by atoms with E-state index in [1.807, 2.05) is 6.92 Å². The lowest BCUT2D eigenvalue weighted by Crippen LogP contribution is -2.39. The number of rotatable bonds is 6. The molecule has 2 rings (SSSR count). The maximum absolute atomic E-state index is 4.21. The van der Waals surface area contributed by atoms with Crippen molar-refractivity contribution in [3.63, 3.8) is 0 Å². The van der Waals surface area contributed by atoms with Gasteiger partial charge in [0, 0.05) is 13.1 Å². The SMILES string of the molecule is Cc1nnc(CN(C)CC2CCN(CC(C)C)CC2)s1. The first-order valence-corrected chi connectivity index (χ1v) is 8.54. The zero-order chi connectivity index (χ0) is 14.5. The molecule has 0 spiro atoms. The van der Waals surface area contributed by atoms with Crippen LogP contribution in [0.4, 0.5) is 0 Å². The Bertz CT molecular complexity index is 396. The Labute approximate surface area is 127 Å². The first kappa shape index (κ1) is 15.9. The molecule has 0 radical (unpaired) electrons. The highest BCUT2D eigenvalue weighted by molar-refractivity contribution is 7.11. The standard InChI is InChI=1S/C15H28N4S/c1-12(2)9-19-7-5-14(6-8-19)10-18(4)11-15-17-16-13(3)20-15/h12,14H,5-11H2,1-4H3. The van der Waals surface area contributed by atoms with Crippen molar-refractivity contribution in [2.24, 2.45) is 11.8 Å². The third kappa shape index (κ3) is 5.11. The second kappa shape index (κ2) is 7.48. The molecule has 1 saturated heterocycles. The van der Waals surface area contributed by atoms with Crippen molar-refractivity contribution < 1.29 is 0 Å². The summed E-state index contributed by atoms with van der Waals surface area (Å²) < 4.78 is 0. The van der Waals surface area contributed by atoms with E-state index in [1.165, 1.54) is 39.0 Å². The fourth-order valence-corrected chi connectivity index (χ4v) is 3.79. The molecule has 0 aromatic carbocycles. The molecular formula is C15H28N4S. The van der Waals surface area contributed by atoms with Gasteiger partial charge in [0.15, 0.2) is 0 Å². The molecule has 1 aliphatic rings. The Morgan fingerprint density at radius 3 is 2.55 bits per heavy atom. The first-order valence-electron chi connectivity index (χ1n) is 7.73. The van der Waals surface area contributed by atoms with Crippen LogP contribution in [0.25, 0.3) is 0 Å². The molecule has 0 saturated carbocycles. The van der Waals surface area contributed by atoms with Crippen LogP contribution in [0.2, 0.25) is 0 Å². The van der Waals surface area contributed by atoms with Crippen molar-refractivity contribution in [3.8, 4) is 0 Å². The number of hydrogen-bond acceptors (Lipinski definition) is 5. The zero-order valence-electron chi connectivity index (χ0n) is 13.3. The molecule has 1 aliphatic heterocycles. The van der Waals surface area contributed by atoms with E-state index < -0.39 is 0 Å². The van der Waals surface area contributed by atoms with Gasteiger partial charge < -0.3 is 4.90 Å². The smallest absolute Gasteiger partial charge is 0.131 e. The third-order valence-corrected chi connectivity index (χ3v) is 4.70. The van der Waals surface area contributed by atoms with Crippen LogP contribution >= 0.6 is 11.3 Å². The average molecular weight is 296 g/mol. The van der Waals surface area contributed by atoms with E-state index in [1.54, 1.807) is 11.3 Å². The molecular weight excluding hydrogens is 268 g/mol. The first-order chi connectivity index (χ1) is 9.52. The van der Waals surface area contributed by atoms with Crippen LogP contribution < -0.4 is 0 Å². The molecule has 0 amide bonds. The molecule has 2 heterocycles. The van der Waals surface area contributed by atoms with E-state index in [4.69, 9.17) is 0 Å². The number of likely N-dealkylation sites (tertiary alicyclic amines) is 1. The van der Waals surface area contributed by atoms with Crippen LogP contribution in [0.15, 0.2) is 0 Å². The van der Waals surface area contributed by atoms with E-state index >= 15 is 0 Å². The summed E-state index contributed by atoms with van der Waals surface area (Å²) >= 11 is 1.71. The highest BCUT2D eigenvalue weighted by Gasteiger charge is 2.21. The van der Waals surface area contributed by atoms with Crippen molar-refractivity contribution in [2.45, 2.75) is 40.2 Å². The van der Waals surface area contributed by atoms with Gasteiger partial charge in [-0.05, 0) is 51.7 Å². The molecule has 1 aromatic rings. The normalized spacial score (nSPS) is 18.3. The van der Waals surface area contributed by atoms with Crippen LogP contribution in [0.5, 0.6) is 0 Å². The summed E-state index contributed by atoms with van der Waals surface area (Å²) in [6.45, 7) is 12.6. The molecule has 5 heteroatoms. The van der Waals surface area contributed by atoms with Gasteiger partial charge in [-0.1, -0.05) is 13.8 Å². The molecule has 0 unspecified atom stereocenters. The third-order valence-electron chi connectivity index (χ3n) is 3.87. The van der Waals surface area contributed by atoms with E-state index in [2.05, 4.69) is 40.9 Å². The zero-order valence-corrected chi connectivity index (χ0v) is 14.1. The van der Waals surface area contributed by atoms with Gasteiger partial charge in [0.2, 0.25) is 0 Å². The Kier molecular flexibility index (Phi) is 5.93. The van der Waals surface area contributed by atoms with Crippen molar-refractivity contribution >= 4 is 11.3 Å². The van der Waals surface area contributed by atoms with E-state index in [0.717, 1.165) is 28.4 Å². The predicted molar refractivity (Wildman–Crippen MR) is 85.0 cm³/mol. The predicted octanol–water partition coefficient (Wildman–Crippen LogP) is 2.65. The number of aryl methyl sites for hydroxylation is 1. The van der Waals surface area contributed by atoms with Crippen LogP contribution in [0.3, 0.4) is 0 Å². The minimum atomic E-state index is 0.787. The second-order valence-electron chi connectivity index (χ2n) is 6.55. The number of aromatic nitrogens is 2. The van der Waals surface area contributed by atoms with Crippen LogP contribution in [-0.4, -0.2) is 53.2 Å². The lowest BCUT2D eigenvalue weighted by Gasteiger charge is -2.34. The average Bonchev–Trinajstić information content (AvgIpc) is 2.76. The summed E-state index contributed by atoms with van der Waals surface area (Å²) in [5.74, 6) is 1.63. The lowest BCUT2D eigenvalue weighted by atomic mass is 9.95. The molecule has 0 N–H and O–H groups in total. The fourth-order valence-electron chi connectivity index (χ4n) is 3.01. The molecule has 114 valence electrons. The largest absolute Gasteiger partial charge is 0.303 e. The summed E-state index contributed by atoms with van der Waals surface area (Å²) in [6, 6.07) is 0. The summed E-state index contributed by atoms with van der Waals surface area (Å²) in [5, 5.41) is 10.5. The van der Waals surface area contributed by atoms with Crippen LogP contribution in [-0.2, 0) is 6.54 Å². The highest BCUT2D eigenvalue weighted by Crippen LogP contribution is 2.20. The van der Waals surface area contributed by atoms with Gasteiger partial charge >= 0.3 is 0 Å². The van der Waals surface area contributed by atoms with Gasteiger partial charge in [0.1, 0.15) is 10.0 Å². The number of nitrogens with zero attached hydrogens (tertiary/aromatic N) is 4. The quantitative estimate of drug-likeness (QED) is 0.808. The Morgan fingerprint density at radius 2 is 2.00 bits per heavy atom. The van der Waals surface area contributed by atoms with Gasteiger partial charge in [0.05, 0.1) is 6.54 Å². The second-order valence-corrected chi connectivity index (χ2v) is 7.82. The number of piperidine rings is 1. The van der Waals surface area contributed by atoms with Crippen LogP contribution in [0, 0.1) is 18.8 Å². The Balaban J connectivity index is 1.69. The van der Waals surface area contributed by atoms with Gasteiger partial charge in [-0.3, -0.25) is 4.90 Å². The molecule has 4 nitrogen and oxygen atoms in total. The highest BCUT2D eigenvalue weighted by atomic mass is 32.1. The fraction of sp³-hybridized carbons (Fsp3) is 0.867. The Morgan fingerprint density at radius 1 is 1.30 bits per heavy atom. The van der Waals surface area contributed by atoms with E-state index in [0.29, 0.717) is 0 Å². The molecule has 1 aromatic heterocycles. The van der Waals surface area contributed by atoms with Crippen molar-refractivity contribution in [3.05, 3.63) is 10.0 Å².